The minimum absolute atomic E-state index is 0.443. The van der Waals surface area contributed by atoms with Crippen molar-refractivity contribution in [2.75, 3.05) is 32.8 Å². The topological polar surface area (TPSA) is 24.5 Å². The van der Waals surface area contributed by atoms with E-state index >= 15 is 0 Å². The molecular formula is C16H32N2O. The summed E-state index contributed by atoms with van der Waals surface area (Å²) in [4.78, 5) is 2.74. The third-order valence-electron chi connectivity index (χ3n) is 4.88. The number of nitrogens with one attached hydrogen (secondary N) is 1. The molecular weight excluding hydrogens is 236 g/mol. The molecule has 1 atom stereocenters. The van der Waals surface area contributed by atoms with E-state index in [1.165, 1.54) is 58.0 Å². The highest BCUT2D eigenvalue weighted by Gasteiger charge is 2.40. The van der Waals surface area contributed by atoms with Crippen LogP contribution in [0.3, 0.4) is 0 Å². The quantitative estimate of drug-likeness (QED) is 0.750. The summed E-state index contributed by atoms with van der Waals surface area (Å²) in [5.74, 6) is 0. The normalized spacial score (nSPS) is 27.8. The molecule has 0 aromatic carbocycles. The molecule has 19 heavy (non-hydrogen) atoms. The minimum atomic E-state index is 0.443. The van der Waals surface area contributed by atoms with Gasteiger partial charge >= 0.3 is 0 Å². The predicted octanol–water partition coefficient (Wildman–Crippen LogP) is 2.80. The standard InChI is InChI=1S/C16H32N2O/c1-3-4-11-19-12-10-18-13-15(2)17-14-16(18)8-6-5-7-9-16/h15,17H,3-14H2,1-2H3. The Labute approximate surface area is 119 Å². The van der Waals surface area contributed by atoms with E-state index in [-0.39, 0.29) is 0 Å². The smallest absolute Gasteiger partial charge is 0.0593 e. The number of ether oxygens (including phenoxy) is 1. The lowest BCUT2D eigenvalue weighted by molar-refractivity contribution is -0.00947. The molecule has 2 rings (SSSR count). The number of hydrogen-bond acceptors (Lipinski definition) is 3. The van der Waals surface area contributed by atoms with Gasteiger partial charge in [0.15, 0.2) is 0 Å². The maximum atomic E-state index is 5.78. The SMILES string of the molecule is CCCCOCCN1CC(C)NCC12CCCCC2. The van der Waals surface area contributed by atoms with E-state index in [1.807, 2.05) is 0 Å². The molecule has 2 aliphatic rings. The zero-order valence-electron chi connectivity index (χ0n) is 12.9. The first-order valence-electron chi connectivity index (χ1n) is 8.33. The minimum Gasteiger partial charge on any atom is -0.380 e. The number of rotatable bonds is 6. The molecule has 1 spiro atoms. The zero-order chi connectivity index (χ0) is 13.6. The molecule has 0 aromatic heterocycles. The lowest BCUT2D eigenvalue weighted by Gasteiger charge is -2.51. The monoisotopic (exact) mass is 268 g/mol. The van der Waals surface area contributed by atoms with Crippen LogP contribution < -0.4 is 5.32 Å². The summed E-state index contributed by atoms with van der Waals surface area (Å²) >= 11 is 0. The fourth-order valence-electron chi connectivity index (χ4n) is 3.62. The lowest BCUT2D eigenvalue weighted by Crippen LogP contribution is -2.65. The van der Waals surface area contributed by atoms with Gasteiger partial charge in [-0.1, -0.05) is 32.6 Å². The van der Waals surface area contributed by atoms with Crippen LogP contribution in [-0.4, -0.2) is 49.3 Å². The van der Waals surface area contributed by atoms with Crippen LogP contribution >= 0.6 is 0 Å². The Morgan fingerprint density at radius 1 is 1.21 bits per heavy atom. The fourth-order valence-corrected chi connectivity index (χ4v) is 3.62. The summed E-state index contributed by atoms with van der Waals surface area (Å²) in [6.07, 6.45) is 9.42. The Bertz CT molecular complexity index is 251. The molecule has 1 N–H and O–H groups in total. The van der Waals surface area contributed by atoms with Gasteiger partial charge in [0.1, 0.15) is 0 Å². The molecule has 0 radical (unpaired) electrons. The Hall–Kier alpha value is -0.120. The van der Waals surface area contributed by atoms with Gasteiger partial charge < -0.3 is 10.1 Å². The van der Waals surface area contributed by atoms with Gasteiger partial charge in [-0.25, -0.2) is 0 Å². The average Bonchev–Trinajstić information content (AvgIpc) is 2.44. The highest BCUT2D eigenvalue weighted by molar-refractivity contribution is 4.99. The summed E-state index contributed by atoms with van der Waals surface area (Å²) in [6.45, 7) is 9.87. The van der Waals surface area contributed by atoms with Gasteiger partial charge in [-0.05, 0) is 26.2 Å². The Morgan fingerprint density at radius 2 is 2.00 bits per heavy atom. The number of piperazine rings is 1. The van der Waals surface area contributed by atoms with E-state index in [0.717, 1.165) is 19.8 Å². The van der Waals surface area contributed by atoms with Crippen molar-refractivity contribution < 1.29 is 4.74 Å². The van der Waals surface area contributed by atoms with Crippen LogP contribution in [0.15, 0.2) is 0 Å². The molecule has 1 saturated carbocycles. The van der Waals surface area contributed by atoms with E-state index < -0.39 is 0 Å². The van der Waals surface area contributed by atoms with Gasteiger partial charge in [0, 0.05) is 37.8 Å². The van der Waals surface area contributed by atoms with Crippen molar-refractivity contribution in [1.82, 2.24) is 10.2 Å². The summed E-state index contributed by atoms with van der Waals surface area (Å²) in [5, 5.41) is 3.70. The highest BCUT2D eigenvalue weighted by Crippen LogP contribution is 2.35. The van der Waals surface area contributed by atoms with Crippen molar-refractivity contribution in [2.45, 2.75) is 70.4 Å². The summed E-state index contributed by atoms with van der Waals surface area (Å²) in [6, 6.07) is 0.628. The molecule has 3 heteroatoms. The van der Waals surface area contributed by atoms with Crippen molar-refractivity contribution in [3.63, 3.8) is 0 Å². The molecule has 0 amide bonds. The van der Waals surface area contributed by atoms with Crippen LogP contribution in [-0.2, 0) is 4.74 Å². The number of nitrogens with zero attached hydrogens (tertiary/aromatic N) is 1. The first-order valence-corrected chi connectivity index (χ1v) is 8.33. The first-order chi connectivity index (χ1) is 9.27. The van der Waals surface area contributed by atoms with Gasteiger partial charge in [0.25, 0.3) is 0 Å². The van der Waals surface area contributed by atoms with E-state index in [0.29, 0.717) is 11.6 Å². The highest BCUT2D eigenvalue weighted by atomic mass is 16.5. The fraction of sp³-hybridized carbons (Fsp3) is 1.00. The van der Waals surface area contributed by atoms with Gasteiger partial charge in [-0.3, -0.25) is 4.90 Å². The Balaban J connectivity index is 1.82. The third-order valence-corrected chi connectivity index (χ3v) is 4.88. The van der Waals surface area contributed by atoms with Crippen LogP contribution in [0.25, 0.3) is 0 Å². The zero-order valence-corrected chi connectivity index (χ0v) is 12.9. The van der Waals surface area contributed by atoms with E-state index in [4.69, 9.17) is 4.74 Å². The molecule has 1 heterocycles. The third kappa shape index (κ3) is 4.17. The van der Waals surface area contributed by atoms with Crippen molar-refractivity contribution in [3.8, 4) is 0 Å². The van der Waals surface area contributed by atoms with Gasteiger partial charge in [0.05, 0.1) is 6.61 Å². The second-order valence-electron chi connectivity index (χ2n) is 6.48. The molecule has 112 valence electrons. The molecule has 1 unspecified atom stereocenters. The maximum absolute atomic E-state index is 5.78. The van der Waals surface area contributed by atoms with Crippen molar-refractivity contribution in [3.05, 3.63) is 0 Å². The van der Waals surface area contributed by atoms with Gasteiger partial charge in [0.2, 0.25) is 0 Å². The summed E-state index contributed by atoms with van der Waals surface area (Å²) in [7, 11) is 0. The number of hydrogen-bond donors (Lipinski definition) is 1. The van der Waals surface area contributed by atoms with Crippen LogP contribution in [0.4, 0.5) is 0 Å². The van der Waals surface area contributed by atoms with Crippen LogP contribution in [0.2, 0.25) is 0 Å². The average molecular weight is 268 g/mol. The van der Waals surface area contributed by atoms with Crippen molar-refractivity contribution in [2.24, 2.45) is 0 Å². The number of unbranched alkanes of at least 4 members (excludes halogenated alkanes) is 1. The summed E-state index contributed by atoms with van der Waals surface area (Å²) < 4.78 is 5.78. The van der Waals surface area contributed by atoms with E-state index in [2.05, 4.69) is 24.1 Å². The summed E-state index contributed by atoms with van der Waals surface area (Å²) in [5.41, 5.74) is 0.443. The Kier molecular flexibility index (Phi) is 6.11. The molecule has 1 saturated heterocycles. The van der Waals surface area contributed by atoms with Crippen LogP contribution in [0.5, 0.6) is 0 Å². The molecule has 1 aliphatic carbocycles. The molecule has 3 nitrogen and oxygen atoms in total. The van der Waals surface area contributed by atoms with Crippen molar-refractivity contribution >= 4 is 0 Å². The lowest BCUT2D eigenvalue weighted by atomic mass is 9.78. The molecule has 0 bridgehead atoms. The largest absolute Gasteiger partial charge is 0.380 e. The second kappa shape index (κ2) is 7.61. The van der Waals surface area contributed by atoms with E-state index in [9.17, 15) is 0 Å². The van der Waals surface area contributed by atoms with Gasteiger partial charge in [-0.2, -0.15) is 0 Å². The maximum Gasteiger partial charge on any atom is 0.0593 e. The van der Waals surface area contributed by atoms with Gasteiger partial charge in [-0.15, -0.1) is 0 Å². The molecule has 2 fully saturated rings. The van der Waals surface area contributed by atoms with Crippen LogP contribution in [0, 0.1) is 0 Å². The molecule has 1 aliphatic heterocycles. The van der Waals surface area contributed by atoms with Crippen molar-refractivity contribution in [1.29, 1.82) is 0 Å². The Morgan fingerprint density at radius 3 is 2.74 bits per heavy atom. The second-order valence-corrected chi connectivity index (χ2v) is 6.48. The van der Waals surface area contributed by atoms with Crippen LogP contribution in [0.1, 0.15) is 58.8 Å². The van der Waals surface area contributed by atoms with E-state index in [1.54, 1.807) is 0 Å². The first kappa shape index (κ1) is 15.3. The predicted molar refractivity (Wildman–Crippen MR) is 80.6 cm³/mol. The molecule has 0 aromatic rings.